The van der Waals surface area contributed by atoms with Crippen molar-refractivity contribution < 1.29 is 0 Å². The first-order chi connectivity index (χ1) is 21.4. The highest BCUT2D eigenvalue weighted by Crippen LogP contribution is 2.55. The number of aryl methyl sites for hydroxylation is 2. The van der Waals surface area contributed by atoms with E-state index in [-0.39, 0.29) is 5.41 Å². The van der Waals surface area contributed by atoms with E-state index in [1.807, 2.05) is 6.08 Å². The zero-order valence-electron chi connectivity index (χ0n) is 26.1. The predicted molar refractivity (Wildman–Crippen MR) is 188 cm³/mol. The van der Waals surface area contributed by atoms with Crippen LogP contribution < -0.4 is 0 Å². The van der Waals surface area contributed by atoms with Gasteiger partial charge in [0.1, 0.15) is 0 Å². The summed E-state index contributed by atoms with van der Waals surface area (Å²) in [5.41, 5.74) is 17.5. The van der Waals surface area contributed by atoms with Crippen LogP contribution in [0.5, 0.6) is 0 Å². The Labute approximate surface area is 260 Å². The van der Waals surface area contributed by atoms with Gasteiger partial charge in [-0.1, -0.05) is 93.2 Å². The van der Waals surface area contributed by atoms with Crippen LogP contribution in [0.2, 0.25) is 0 Å². The van der Waals surface area contributed by atoms with Crippen molar-refractivity contribution in [3.05, 3.63) is 144 Å². The maximum absolute atomic E-state index is 3.98. The summed E-state index contributed by atoms with van der Waals surface area (Å²) in [5.74, 6) is 0. The zero-order valence-corrected chi connectivity index (χ0v) is 26.1. The molecule has 0 fully saturated rings. The van der Waals surface area contributed by atoms with Crippen LogP contribution in [0.1, 0.15) is 48.6 Å². The summed E-state index contributed by atoms with van der Waals surface area (Å²) < 4.78 is 2.44. The van der Waals surface area contributed by atoms with Crippen molar-refractivity contribution in [1.29, 1.82) is 0 Å². The van der Waals surface area contributed by atoms with Gasteiger partial charge < -0.3 is 9.47 Å². The third-order valence-electron chi connectivity index (χ3n) is 10.2. The topological polar surface area (TPSA) is 8.17 Å². The van der Waals surface area contributed by atoms with Gasteiger partial charge in [0, 0.05) is 41.2 Å². The molecule has 8 rings (SSSR count). The van der Waals surface area contributed by atoms with Gasteiger partial charge in [-0.05, 0) is 106 Å². The van der Waals surface area contributed by atoms with E-state index >= 15 is 0 Å². The number of hydrogen-bond acceptors (Lipinski definition) is 1. The normalized spacial score (nSPS) is 14.7. The molecule has 0 saturated carbocycles. The summed E-state index contributed by atoms with van der Waals surface area (Å²) >= 11 is 0. The fraction of sp³-hybridized carbons (Fsp3) is 0.190. The van der Waals surface area contributed by atoms with Crippen molar-refractivity contribution in [3.8, 4) is 27.9 Å². The Hall–Kier alpha value is -4.82. The standard InChI is InChI=1S/C42H38N2/c1-6-12-37(43(5)7-2)29-20-22-31-28(25-29)18-17-27-19-23-34-35-26-30(21-24-36(35)42(3,4)41(34)40(27)31)44-38-15-10-8-13-32(38)33-14-9-11-16-39(33)44/h6,8-16,19-26H,1,7,17-18H2,2-5H3/b37-12-. The van der Waals surface area contributed by atoms with Crippen LogP contribution in [0.25, 0.3) is 55.4 Å². The van der Waals surface area contributed by atoms with Crippen LogP contribution in [-0.2, 0) is 18.3 Å². The van der Waals surface area contributed by atoms with Gasteiger partial charge in [0.2, 0.25) is 0 Å². The Morgan fingerprint density at radius 3 is 2.18 bits per heavy atom. The average Bonchev–Trinajstić information content (AvgIpc) is 3.51. The fourth-order valence-electron chi connectivity index (χ4n) is 8.01. The minimum atomic E-state index is -0.0982. The summed E-state index contributed by atoms with van der Waals surface area (Å²) in [7, 11) is 2.16. The van der Waals surface area contributed by atoms with Gasteiger partial charge in [0.05, 0.1) is 11.0 Å². The van der Waals surface area contributed by atoms with Gasteiger partial charge in [0.15, 0.2) is 0 Å². The van der Waals surface area contributed by atoms with E-state index in [0.29, 0.717) is 0 Å². The molecular formula is C42H38N2. The summed E-state index contributed by atoms with van der Waals surface area (Å²) in [4.78, 5) is 2.30. The third kappa shape index (κ3) is 3.73. The molecule has 0 saturated heterocycles. The monoisotopic (exact) mass is 570 g/mol. The predicted octanol–water partition coefficient (Wildman–Crippen LogP) is 10.3. The van der Waals surface area contributed by atoms with Crippen molar-refractivity contribution in [2.75, 3.05) is 13.6 Å². The van der Waals surface area contributed by atoms with Crippen LogP contribution in [0.3, 0.4) is 0 Å². The number of fused-ring (bicyclic) bond motifs is 10. The molecule has 2 nitrogen and oxygen atoms in total. The molecule has 0 aliphatic heterocycles. The average molecular weight is 571 g/mol. The number of aromatic nitrogens is 1. The molecule has 0 bridgehead atoms. The van der Waals surface area contributed by atoms with Crippen LogP contribution in [0, 0.1) is 0 Å². The molecule has 0 amide bonds. The van der Waals surface area contributed by atoms with Gasteiger partial charge >= 0.3 is 0 Å². The molecule has 6 aromatic rings. The van der Waals surface area contributed by atoms with Crippen molar-refractivity contribution >= 4 is 27.5 Å². The lowest BCUT2D eigenvalue weighted by Crippen LogP contribution is -2.19. The molecule has 2 aliphatic carbocycles. The second kappa shape index (κ2) is 9.86. The lowest BCUT2D eigenvalue weighted by molar-refractivity contribution is 0.509. The molecule has 0 N–H and O–H groups in total. The first-order valence-electron chi connectivity index (χ1n) is 15.9. The summed E-state index contributed by atoms with van der Waals surface area (Å²) in [6.45, 7) is 12.0. The van der Waals surface area contributed by atoms with E-state index in [1.54, 1.807) is 0 Å². The van der Waals surface area contributed by atoms with E-state index in [2.05, 4.69) is 147 Å². The molecule has 2 heteroatoms. The number of benzene rings is 5. The first-order valence-corrected chi connectivity index (χ1v) is 15.9. The van der Waals surface area contributed by atoms with Crippen LogP contribution in [0.15, 0.2) is 116 Å². The van der Waals surface area contributed by atoms with Gasteiger partial charge in [-0.25, -0.2) is 0 Å². The third-order valence-corrected chi connectivity index (χ3v) is 10.2. The van der Waals surface area contributed by atoms with Crippen molar-refractivity contribution in [1.82, 2.24) is 9.47 Å². The summed E-state index contributed by atoms with van der Waals surface area (Å²) in [6, 6.07) is 36.6. The fourth-order valence-corrected chi connectivity index (χ4v) is 8.01. The molecular weight excluding hydrogens is 532 g/mol. The van der Waals surface area contributed by atoms with E-state index in [0.717, 1.165) is 19.4 Å². The van der Waals surface area contributed by atoms with Gasteiger partial charge in [-0.15, -0.1) is 0 Å². The molecule has 0 unspecified atom stereocenters. The number of nitrogens with zero attached hydrogens (tertiary/aromatic N) is 2. The SMILES string of the molecule is C=C/C=C(/c1ccc2c(c1)CCc1ccc3c(c1-2)C(C)(C)c1ccc(-n2c4ccccc4c4ccccc42)cc1-3)N(C)CC. The van der Waals surface area contributed by atoms with Gasteiger partial charge in [-0.3, -0.25) is 0 Å². The number of allylic oxidation sites excluding steroid dienone is 2. The molecule has 44 heavy (non-hydrogen) atoms. The van der Waals surface area contributed by atoms with Crippen molar-refractivity contribution in [2.45, 2.75) is 39.0 Å². The Kier molecular flexibility index (Phi) is 6.00. The Bertz CT molecular complexity index is 2120. The quantitative estimate of drug-likeness (QED) is 0.187. The highest BCUT2D eigenvalue weighted by Gasteiger charge is 2.39. The first kappa shape index (κ1) is 26.8. The molecule has 0 spiro atoms. The minimum Gasteiger partial charge on any atom is -0.374 e. The maximum Gasteiger partial charge on any atom is 0.0541 e. The summed E-state index contributed by atoms with van der Waals surface area (Å²) in [5, 5.41) is 2.59. The molecule has 5 aromatic carbocycles. The van der Waals surface area contributed by atoms with Crippen LogP contribution in [-0.4, -0.2) is 23.1 Å². The van der Waals surface area contributed by atoms with Crippen molar-refractivity contribution in [3.63, 3.8) is 0 Å². The smallest absolute Gasteiger partial charge is 0.0541 e. The molecule has 216 valence electrons. The van der Waals surface area contributed by atoms with Crippen LogP contribution >= 0.6 is 0 Å². The highest BCUT2D eigenvalue weighted by molar-refractivity contribution is 6.09. The second-order valence-electron chi connectivity index (χ2n) is 12.9. The van der Waals surface area contributed by atoms with Crippen LogP contribution in [0.4, 0.5) is 0 Å². The van der Waals surface area contributed by atoms with E-state index in [1.165, 1.54) is 83.3 Å². The van der Waals surface area contributed by atoms with Gasteiger partial charge in [-0.2, -0.15) is 0 Å². The summed E-state index contributed by atoms with van der Waals surface area (Å²) in [6.07, 6.45) is 6.17. The zero-order chi connectivity index (χ0) is 30.2. The minimum absolute atomic E-state index is 0.0982. The molecule has 1 aromatic heterocycles. The molecule has 2 aliphatic rings. The lowest BCUT2D eigenvalue weighted by atomic mass is 9.74. The highest BCUT2D eigenvalue weighted by atomic mass is 15.1. The van der Waals surface area contributed by atoms with E-state index in [9.17, 15) is 0 Å². The molecule has 0 radical (unpaired) electrons. The molecule has 1 heterocycles. The number of rotatable bonds is 5. The van der Waals surface area contributed by atoms with E-state index in [4.69, 9.17) is 0 Å². The Morgan fingerprint density at radius 1 is 0.795 bits per heavy atom. The van der Waals surface area contributed by atoms with Crippen molar-refractivity contribution in [2.24, 2.45) is 0 Å². The second-order valence-corrected chi connectivity index (χ2v) is 12.9. The number of para-hydroxylation sites is 2. The maximum atomic E-state index is 3.98. The Morgan fingerprint density at radius 2 is 1.48 bits per heavy atom. The largest absolute Gasteiger partial charge is 0.374 e. The number of hydrogen-bond donors (Lipinski definition) is 0. The Balaban J connectivity index is 1.31. The van der Waals surface area contributed by atoms with Gasteiger partial charge in [0.25, 0.3) is 0 Å². The lowest BCUT2D eigenvalue weighted by Gasteiger charge is -2.30. The molecule has 0 atom stereocenters. The van der Waals surface area contributed by atoms with E-state index < -0.39 is 0 Å².